The fraction of sp³-hybridized carbons (Fsp3) is 0.529. The minimum Gasteiger partial charge on any atom is -0.496 e. The largest absolute Gasteiger partial charge is 0.496 e. The molecule has 7 nitrogen and oxygen atoms in total. The molecule has 1 amide bonds. The van der Waals surface area contributed by atoms with Crippen LogP contribution in [0.5, 0.6) is 5.75 Å². The van der Waals surface area contributed by atoms with Gasteiger partial charge >= 0.3 is 29.9 Å². The number of nitrogens with zero attached hydrogens (tertiary/aromatic N) is 2. The van der Waals surface area contributed by atoms with Crippen molar-refractivity contribution in [2.45, 2.75) is 43.3 Å². The molecule has 1 aromatic carbocycles. The molecule has 0 saturated carbocycles. The highest BCUT2D eigenvalue weighted by atomic mass is 19.4. The summed E-state index contributed by atoms with van der Waals surface area (Å²) in [5.74, 6) is -3.24. The first kappa shape index (κ1) is 23.4. The highest BCUT2D eigenvalue weighted by Gasteiger charge is 2.65. The molecule has 0 spiro atoms. The van der Waals surface area contributed by atoms with Crippen molar-refractivity contribution in [3.05, 3.63) is 29.3 Å². The summed E-state index contributed by atoms with van der Waals surface area (Å²) in [5, 5.41) is 7.76. The Balaban J connectivity index is 2.07. The standard InChI is InChI=1S/C17H17F6N3O4/c1-29-12-8-10(15(25-26-15)17(21,22)23)7-6-9(12)4-3-5-11(13(27)30-2)24-14(28)16(18,19)20/h6-8,11H,3-5H2,1-2H3,(H,24,28)/t11-/m0/s1. The van der Waals surface area contributed by atoms with Gasteiger partial charge in [0.2, 0.25) is 0 Å². The van der Waals surface area contributed by atoms with Crippen LogP contribution in [0.4, 0.5) is 26.3 Å². The molecule has 30 heavy (non-hydrogen) atoms. The van der Waals surface area contributed by atoms with E-state index in [4.69, 9.17) is 4.74 Å². The smallest absolute Gasteiger partial charge is 0.471 e. The second-order valence-corrected chi connectivity index (χ2v) is 6.34. The van der Waals surface area contributed by atoms with Crippen LogP contribution in [0.2, 0.25) is 0 Å². The average molecular weight is 441 g/mol. The number of alkyl halides is 6. The topological polar surface area (TPSA) is 89.3 Å². The van der Waals surface area contributed by atoms with Gasteiger partial charge in [-0.1, -0.05) is 12.1 Å². The monoisotopic (exact) mass is 441 g/mol. The van der Waals surface area contributed by atoms with Gasteiger partial charge in [0.1, 0.15) is 11.8 Å². The molecule has 0 unspecified atom stereocenters. The number of benzene rings is 1. The van der Waals surface area contributed by atoms with E-state index in [0.29, 0.717) is 5.56 Å². The molecule has 1 N–H and O–H groups in total. The van der Waals surface area contributed by atoms with Crippen molar-refractivity contribution in [1.82, 2.24) is 5.32 Å². The molecule has 0 aliphatic carbocycles. The van der Waals surface area contributed by atoms with E-state index >= 15 is 0 Å². The Hall–Kier alpha value is -2.86. The summed E-state index contributed by atoms with van der Waals surface area (Å²) in [6.45, 7) is 0. The molecule has 1 atom stereocenters. The highest BCUT2D eigenvalue weighted by Crippen LogP contribution is 2.53. The van der Waals surface area contributed by atoms with E-state index in [1.807, 2.05) is 0 Å². The molecule has 1 aliphatic rings. The normalized spacial score (nSPS) is 16.0. The highest BCUT2D eigenvalue weighted by molar-refractivity contribution is 5.87. The Kier molecular flexibility index (Phi) is 6.62. The second kappa shape index (κ2) is 8.48. The molecule has 0 radical (unpaired) electrons. The fourth-order valence-corrected chi connectivity index (χ4v) is 2.74. The number of carbonyl (C=O) groups excluding carboxylic acids is 2. The van der Waals surface area contributed by atoms with Crippen LogP contribution in [0.3, 0.4) is 0 Å². The van der Waals surface area contributed by atoms with Crippen LogP contribution in [0.1, 0.15) is 24.0 Å². The van der Waals surface area contributed by atoms with Crippen LogP contribution in [-0.2, 0) is 26.4 Å². The summed E-state index contributed by atoms with van der Waals surface area (Å²) >= 11 is 0. The van der Waals surface area contributed by atoms with Crippen LogP contribution >= 0.6 is 0 Å². The molecule has 0 bridgehead atoms. The first-order valence-corrected chi connectivity index (χ1v) is 8.49. The van der Waals surface area contributed by atoms with Crippen molar-refractivity contribution in [1.29, 1.82) is 0 Å². The Labute approximate surface area is 166 Å². The van der Waals surface area contributed by atoms with E-state index in [0.717, 1.165) is 13.2 Å². The molecular formula is C17H17F6N3O4. The van der Waals surface area contributed by atoms with Gasteiger partial charge in [-0.25, -0.2) is 4.79 Å². The SMILES string of the molecule is COC(=O)[C@H](CCCc1ccc(C2(C(F)(F)F)N=N2)cc1OC)NC(=O)C(F)(F)F. The molecule has 1 aromatic rings. The number of halogens is 6. The Morgan fingerprint density at radius 2 is 1.77 bits per heavy atom. The maximum Gasteiger partial charge on any atom is 0.471 e. The summed E-state index contributed by atoms with van der Waals surface area (Å²) in [4.78, 5) is 22.7. The molecule has 2 rings (SSSR count). The number of nitrogens with one attached hydrogen (secondary N) is 1. The van der Waals surface area contributed by atoms with Gasteiger partial charge in [0, 0.05) is 5.56 Å². The maximum absolute atomic E-state index is 13.1. The van der Waals surface area contributed by atoms with Gasteiger partial charge in [-0.15, -0.1) is 10.2 Å². The number of esters is 1. The first-order chi connectivity index (χ1) is 13.9. The van der Waals surface area contributed by atoms with E-state index in [-0.39, 0.29) is 30.6 Å². The Morgan fingerprint density at radius 3 is 2.23 bits per heavy atom. The van der Waals surface area contributed by atoms with E-state index in [2.05, 4.69) is 15.0 Å². The van der Waals surface area contributed by atoms with Gasteiger partial charge in [0.15, 0.2) is 0 Å². The lowest BCUT2D eigenvalue weighted by atomic mass is 9.97. The summed E-state index contributed by atoms with van der Waals surface area (Å²) in [7, 11) is 2.20. The van der Waals surface area contributed by atoms with Crippen molar-refractivity contribution in [3.63, 3.8) is 0 Å². The lowest BCUT2D eigenvalue weighted by Crippen LogP contribution is -2.47. The van der Waals surface area contributed by atoms with Gasteiger partial charge in [0.05, 0.1) is 14.2 Å². The number of ether oxygens (including phenoxy) is 2. The third-order valence-electron chi connectivity index (χ3n) is 4.37. The van der Waals surface area contributed by atoms with E-state index in [1.54, 1.807) is 5.32 Å². The minimum atomic E-state index is -5.17. The van der Waals surface area contributed by atoms with Crippen LogP contribution in [0, 0.1) is 0 Å². The van der Waals surface area contributed by atoms with Crippen LogP contribution in [0.25, 0.3) is 0 Å². The first-order valence-electron chi connectivity index (χ1n) is 8.49. The number of aryl methyl sites for hydroxylation is 1. The Bertz CT molecular complexity index is 832. The van der Waals surface area contributed by atoms with Crippen molar-refractivity contribution in [3.8, 4) is 5.75 Å². The molecule has 13 heteroatoms. The molecule has 0 saturated heterocycles. The molecule has 0 fully saturated rings. The molecular weight excluding hydrogens is 424 g/mol. The van der Waals surface area contributed by atoms with Crippen molar-refractivity contribution < 1.29 is 45.4 Å². The lowest BCUT2D eigenvalue weighted by molar-refractivity contribution is -0.175. The minimum absolute atomic E-state index is 0.0994. The summed E-state index contributed by atoms with van der Waals surface area (Å²) in [6.07, 6.45) is -9.82. The zero-order chi connectivity index (χ0) is 22.7. The number of hydrogen-bond donors (Lipinski definition) is 1. The van der Waals surface area contributed by atoms with Gasteiger partial charge in [0.25, 0.3) is 0 Å². The summed E-state index contributed by atoms with van der Waals surface area (Å²) < 4.78 is 86.1. The van der Waals surface area contributed by atoms with Gasteiger partial charge in [-0.3, -0.25) is 4.79 Å². The van der Waals surface area contributed by atoms with Crippen LogP contribution < -0.4 is 10.1 Å². The lowest BCUT2D eigenvalue weighted by Gasteiger charge is -2.19. The maximum atomic E-state index is 13.1. The number of carbonyl (C=O) groups is 2. The quantitative estimate of drug-likeness (QED) is 0.495. The average Bonchev–Trinajstić information content (AvgIpc) is 3.47. The van der Waals surface area contributed by atoms with E-state index in [9.17, 15) is 35.9 Å². The van der Waals surface area contributed by atoms with E-state index in [1.165, 1.54) is 19.2 Å². The number of amides is 1. The molecule has 0 aromatic heterocycles. The zero-order valence-corrected chi connectivity index (χ0v) is 15.7. The molecule has 166 valence electrons. The molecule has 1 aliphatic heterocycles. The van der Waals surface area contributed by atoms with Gasteiger partial charge < -0.3 is 14.8 Å². The van der Waals surface area contributed by atoms with Crippen LogP contribution in [-0.4, -0.2) is 44.5 Å². The van der Waals surface area contributed by atoms with E-state index < -0.39 is 35.9 Å². The summed E-state index contributed by atoms with van der Waals surface area (Å²) in [5.41, 5.74) is -2.40. The van der Waals surface area contributed by atoms with Crippen molar-refractivity contribution in [2.24, 2.45) is 10.2 Å². The predicted octanol–water partition coefficient (Wildman–Crippen LogP) is 3.42. The number of hydrogen-bond acceptors (Lipinski definition) is 6. The zero-order valence-electron chi connectivity index (χ0n) is 15.7. The van der Waals surface area contributed by atoms with Gasteiger partial charge in [-0.05, 0) is 30.9 Å². The molecule has 1 heterocycles. The summed E-state index contributed by atoms with van der Waals surface area (Å²) in [6, 6.07) is 2.12. The number of rotatable bonds is 8. The fourth-order valence-electron chi connectivity index (χ4n) is 2.74. The van der Waals surface area contributed by atoms with Crippen LogP contribution in [0.15, 0.2) is 28.4 Å². The van der Waals surface area contributed by atoms with Crippen molar-refractivity contribution in [2.75, 3.05) is 14.2 Å². The number of methoxy groups -OCH3 is 2. The second-order valence-electron chi connectivity index (χ2n) is 6.34. The van der Waals surface area contributed by atoms with Crippen molar-refractivity contribution >= 4 is 11.9 Å². The predicted molar refractivity (Wildman–Crippen MR) is 88.5 cm³/mol. The third kappa shape index (κ3) is 5.00. The van der Waals surface area contributed by atoms with Gasteiger partial charge in [-0.2, -0.15) is 26.3 Å². The third-order valence-corrected chi connectivity index (χ3v) is 4.37. The Morgan fingerprint density at radius 1 is 1.13 bits per heavy atom.